The molecule has 0 aromatic heterocycles. The van der Waals surface area contributed by atoms with Crippen molar-refractivity contribution in [3.05, 3.63) is 104 Å². The molecule has 1 unspecified atom stereocenters. The van der Waals surface area contributed by atoms with E-state index in [1.165, 1.54) is 12.7 Å². The van der Waals surface area contributed by atoms with Gasteiger partial charge in [0.05, 0.1) is 12.7 Å². The van der Waals surface area contributed by atoms with Crippen molar-refractivity contribution in [1.29, 1.82) is 0 Å². The number of aryl methyl sites for hydroxylation is 1. The smallest absolute Gasteiger partial charge is 0.337 e. The van der Waals surface area contributed by atoms with Gasteiger partial charge in [-0.15, -0.1) is 0 Å². The van der Waals surface area contributed by atoms with Crippen LogP contribution in [0.1, 0.15) is 51.0 Å². The molecule has 0 saturated carbocycles. The zero-order valence-electron chi connectivity index (χ0n) is 21.9. The van der Waals surface area contributed by atoms with Gasteiger partial charge in [0.15, 0.2) is 0 Å². The van der Waals surface area contributed by atoms with Crippen molar-refractivity contribution in [2.24, 2.45) is 5.92 Å². The highest BCUT2D eigenvalue weighted by molar-refractivity contribution is 6.36. The molecule has 3 aromatic rings. The lowest BCUT2D eigenvalue weighted by molar-refractivity contribution is 0.0600. The molecule has 0 amide bonds. The van der Waals surface area contributed by atoms with Crippen LogP contribution in [0.15, 0.2) is 60.7 Å². The Morgan fingerprint density at radius 3 is 2.46 bits per heavy atom. The second-order valence-corrected chi connectivity index (χ2v) is 11.3. The molecule has 2 aliphatic rings. The minimum atomic E-state index is -1.40. The molecule has 204 valence electrons. The fraction of sp³-hybridized carbons (Fsp3) is 0.344. The number of benzene rings is 3. The predicted molar refractivity (Wildman–Crippen MR) is 154 cm³/mol. The Kier molecular flexibility index (Phi) is 8.70. The van der Waals surface area contributed by atoms with Gasteiger partial charge in [-0.25, -0.2) is 13.6 Å². The summed E-state index contributed by atoms with van der Waals surface area (Å²) in [4.78, 5) is 14.2. The molecule has 1 fully saturated rings. The Hall–Kier alpha value is -2.73. The van der Waals surface area contributed by atoms with Gasteiger partial charge < -0.3 is 4.74 Å². The third kappa shape index (κ3) is 6.21. The molecule has 5 rings (SSSR count). The number of halogens is 4. The molecule has 1 atom stereocenters. The van der Waals surface area contributed by atoms with Crippen molar-refractivity contribution in [3.63, 3.8) is 0 Å². The van der Waals surface area contributed by atoms with Crippen LogP contribution < -0.4 is 0 Å². The lowest BCUT2D eigenvalue weighted by atomic mass is 9.86. The number of carbonyl (C=O) groups is 1. The Labute approximate surface area is 238 Å². The van der Waals surface area contributed by atoms with E-state index in [1.54, 1.807) is 6.07 Å². The Balaban J connectivity index is 1.49. The lowest BCUT2D eigenvalue weighted by Crippen LogP contribution is -2.50. The van der Waals surface area contributed by atoms with Gasteiger partial charge in [0, 0.05) is 29.7 Å². The summed E-state index contributed by atoms with van der Waals surface area (Å²) in [6, 6.07) is 20.0. The summed E-state index contributed by atoms with van der Waals surface area (Å²) in [5, 5.41) is 1.20. The second-order valence-electron chi connectivity index (χ2n) is 10.4. The third-order valence-electron chi connectivity index (χ3n) is 7.65. The van der Waals surface area contributed by atoms with E-state index in [1.807, 2.05) is 35.2 Å². The topological polar surface area (TPSA) is 29.5 Å². The molecule has 1 aliphatic carbocycles. The summed E-state index contributed by atoms with van der Waals surface area (Å²) in [6.07, 6.45) is 2.07. The number of ether oxygens (including phenoxy) is 1. The monoisotopic (exact) mass is 569 g/mol. The van der Waals surface area contributed by atoms with Crippen LogP contribution in [-0.4, -0.2) is 50.5 Å². The van der Waals surface area contributed by atoms with E-state index in [4.69, 9.17) is 27.9 Å². The van der Waals surface area contributed by atoms with E-state index < -0.39 is 12.8 Å². The summed E-state index contributed by atoms with van der Waals surface area (Å²) in [7, 11) is 1.39. The van der Waals surface area contributed by atoms with Crippen molar-refractivity contribution in [2.45, 2.75) is 31.9 Å². The van der Waals surface area contributed by atoms with Gasteiger partial charge in [-0.2, -0.15) is 0 Å². The number of rotatable bonds is 8. The maximum absolute atomic E-state index is 13.3. The Morgan fingerprint density at radius 2 is 1.77 bits per heavy atom. The molecule has 1 saturated heterocycles. The summed E-state index contributed by atoms with van der Waals surface area (Å²) in [6.45, 7) is 0.840. The SMILES string of the molecule is COC(=O)c1ccc2c(c1)CCCC(c1ccc(Cl)cc1Cl)=C2c1ccc(CC2CN(CC(F)CF)C2)cc1. The standard InChI is InChI=1S/C32H31Cl2F2NO2/c1-39-32(38)24-9-11-27-23(14-24)3-2-4-29(28-12-10-25(33)15-30(28)34)31(27)22-7-5-20(6-8-22)13-21-17-37(18-21)19-26(36)16-35/h5-12,14-15,21,26H,2-4,13,16-19H2,1H3. The first-order valence-electron chi connectivity index (χ1n) is 13.3. The molecule has 3 aromatic carbocycles. The molecule has 39 heavy (non-hydrogen) atoms. The molecular formula is C32H31Cl2F2NO2. The number of esters is 1. The van der Waals surface area contributed by atoms with E-state index in [9.17, 15) is 13.6 Å². The number of hydrogen-bond donors (Lipinski definition) is 0. The van der Waals surface area contributed by atoms with Crippen LogP contribution in [0, 0.1) is 5.92 Å². The highest BCUT2D eigenvalue weighted by Gasteiger charge is 2.29. The number of nitrogens with zero attached hydrogens (tertiary/aromatic N) is 1. The van der Waals surface area contributed by atoms with Crippen LogP contribution in [0.4, 0.5) is 8.78 Å². The second kappa shape index (κ2) is 12.2. The molecular weight excluding hydrogens is 539 g/mol. The Morgan fingerprint density at radius 1 is 1.03 bits per heavy atom. The van der Waals surface area contributed by atoms with Crippen molar-refractivity contribution in [1.82, 2.24) is 4.90 Å². The molecule has 0 radical (unpaired) electrons. The average Bonchev–Trinajstić information content (AvgIpc) is 3.10. The summed E-state index contributed by atoms with van der Waals surface area (Å²) < 4.78 is 30.8. The van der Waals surface area contributed by atoms with Crippen LogP contribution >= 0.6 is 23.2 Å². The number of likely N-dealkylation sites (tertiary alicyclic amines) is 1. The largest absolute Gasteiger partial charge is 0.465 e. The highest BCUT2D eigenvalue weighted by Crippen LogP contribution is 2.42. The van der Waals surface area contributed by atoms with Crippen LogP contribution in [-0.2, 0) is 17.6 Å². The average molecular weight is 571 g/mol. The van der Waals surface area contributed by atoms with E-state index >= 15 is 0 Å². The number of fused-ring (bicyclic) bond motifs is 1. The van der Waals surface area contributed by atoms with Gasteiger partial charge in [0.2, 0.25) is 0 Å². The highest BCUT2D eigenvalue weighted by atomic mass is 35.5. The van der Waals surface area contributed by atoms with Gasteiger partial charge in [-0.3, -0.25) is 4.90 Å². The third-order valence-corrected chi connectivity index (χ3v) is 8.20. The van der Waals surface area contributed by atoms with Crippen molar-refractivity contribution >= 4 is 40.3 Å². The van der Waals surface area contributed by atoms with Gasteiger partial charge in [-0.1, -0.05) is 59.6 Å². The van der Waals surface area contributed by atoms with Crippen LogP contribution in [0.3, 0.4) is 0 Å². The molecule has 1 aliphatic heterocycles. The van der Waals surface area contributed by atoms with E-state index in [2.05, 4.69) is 24.3 Å². The molecule has 3 nitrogen and oxygen atoms in total. The van der Waals surface area contributed by atoms with E-state index in [-0.39, 0.29) is 12.5 Å². The zero-order valence-corrected chi connectivity index (χ0v) is 23.4. The first-order chi connectivity index (χ1) is 18.9. The molecule has 1 heterocycles. The maximum Gasteiger partial charge on any atom is 0.337 e. The number of alkyl halides is 2. The lowest BCUT2D eigenvalue weighted by Gasteiger charge is -2.39. The molecule has 0 spiro atoms. The number of allylic oxidation sites excluding steroid dienone is 1. The van der Waals surface area contributed by atoms with Crippen molar-refractivity contribution in [3.8, 4) is 0 Å². The van der Waals surface area contributed by atoms with Gasteiger partial charge >= 0.3 is 5.97 Å². The van der Waals surface area contributed by atoms with E-state index in [0.29, 0.717) is 21.5 Å². The maximum atomic E-state index is 13.3. The molecule has 7 heteroatoms. The fourth-order valence-electron chi connectivity index (χ4n) is 5.79. The minimum absolute atomic E-state index is 0.174. The minimum Gasteiger partial charge on any atom is -0.465 e. The first-order valence-corrected chi connectivity index (χ1v) is 14.0. The summed E-state index contributed by atoms with van der Waals surface area (Å²) in [5.74, 6) is 0.0971. The quantitative estimate of drug-likeness (QED) is 0.258. The van der Waals surface area contributed by atoms with Crippen LogP contribution in [0.25, 0.3) is 11.1 Å². The molecule has 0 bridgehead atoms. The van der Waals surface area contributed by atoms with Gasteiger partial charge in [-0.05, 0) is 94.8 Å². The zero-order chi connectivity index (χ0) is 27.5. The first kappa shape index (κ1) is 27.8. The van der Waals surface area contributed by atoms with Crippen LogP contribution in [0.5, 0.6) is 0 Å². The number of methoxy groups -OCH3 is 1. The summed E-state index contributed by atoms with van der Waals surface area (Å²) in [5.41, 5.74) is 8.22. The fourth-order valence-corrected chi connectivity index (χ4v) is 6.31. The Bertz CT molecular complexity index is 1380. The summed E-state index contributed by atoms with van der Waals surface area (Å²) >= 11 is 12.9. The van der Waals surface area contributed by atoms with Gasteiger partial charge in [0.1, 0.15) is 12.8 Å². The molecule has 0 N–H and O–H groups in total. The number of hydrogen-bond acceptors (Lipinski definition) is 3. The van der Waals surface area contributed by atoms with Crippen LogP contribution in [0.2, 0.25) is 10.0 Å². The predicted octanol–water partition coefficient (Wildman–Crippen LogP) is 7.86. The normalized spacial score (nSPS) is 16.8. The van der Waals surface area contributed by atoms with Crippen molar-refractivity contribution in [2.75, 3.05) is 33.4 Å². The van der Waals surface area contributed by atoms with Gasteiger partial charge in [0.25, 0.3) is 0 Å². The number of carbonyl (C=O) groups excluding carboxylic acids is 1. The van der Waals surface area contributed by atoms with Crippen molar-refractivity contribution < 1.29 is 18.3 Å². The van der Waals surface area contributed by atoms with E-state index in [0.717, 1.165) is 72.2 Å².